The number of anilines is 1. The van der Waals surface area contributed by atoms with Gasteiger partial charge < -0.3 is 10.8 Å². The van der Waals surface area contributed by atoms with Crippen molar-refractivity contribution >= 4 is 17.4 Å². The van der Waals surface area contributed by atoms with Gasteiger partial charge in [-0.25, -0.2) is 4.79 Å². The van der Waals surface area contributed by atoms with Crippen molar-refractivity contribution in [1.29, 1.82) is 0 Å². The van der Waals surface area contributed by atoms with Gasteiger partial charge in [0.25, 0.3) is 0 Å². The first-order chi connectivity index (χ1) is 10.3. The molecule has 0 heterocycles. The van der Waals surface area contributed by atoms with Crippen molar-refractivity contribution in [3.63, 3.8) is 0 Å². The monoisotopic (exact) mass is 297 g/mol. The van der Waals surface area contributed by atoms with E-state index in [0.717, 1.165) is 5.56 Å². The molecule has 0 saturated heterocycles. The number of carboxylic acid groups (broad SMARTS) is 1. The zero-order chi connectivity index (χ0) is 16.4. The first-order valence-electron chi connectivity index (χ1n) is 7.10. The minimum absolute atomic E-state index is 0.00496. The van der Waals surface area contributed by atoms with Gasteiger partial charge >= 0.3 is 5.97 Å². The van der Waals surface area contributed by atoms with Crippen LogP contribution >= 0.6 is 0 Å². The van der Waals surface area contributed by atoms with Crippen LogP contribution in [0, 0.1) is 12.8 Å². The van der Waals surface area contributed by atoms with E-state index in [1.807, 2.05) is 30.3 Å². The van der Waals surface area contributed by atoms with Crippen LogP contribution in [0.5, 0.6) is 0 Å². The van der Waals surface area contributed by atoms with E-state index in [0.29, 0.717) is 16.7 Å². The molecule has 0 aromatic heterocycles. The molecule has 3 N–H and O–H groups in total. The number of ketones is 1. The van der Waals surface area contributed by atoms with Gasteiger partial charge in [0.2, 0.25) is 0 Å². The zero-order valence-corrected chi connectivity index (χ0v) is 12.9. The third-order valence-electron chi connectivity index (χ3n) is 3.72. The second-order valence-corrected chi connectivity index (χ2v) is 5.58. The smallest absolute Gasteiger partial charge is 0.338 e. The number of carbonyl (C=O) groups is 2. The van der Waals surface area contributed by atoms with Gasteiger partial charge in [0, 0.05) is 17.0 Å². The summed E-state index contributed by atoms with van der Waals surface area (Å²) in [5.41, 5.74) is 8.47. The number of nitrogens with two attached hydrogens (primary N) is 1. The summed E-state index contributed by atoms with van der Waals surface area (Å²) in [6.45, 7) is 5.21. The van der Waals surface area contributed by atoms with Crippen molar-refractivity contribution in [2.24, 2.45) is 5.92 Å². The normalized spacial score (nSPS) is 10.7. The Morgan fingerprint density at radius 2 is 1.73 bits per heavy atom. The third kappa shape index (κ3) is 2.72. The van der Waals surface area contributed by atoms with Crippen molar-refractivity contribution in [3.8, 4) is 11.1 Å². The highest BCUT2D eigenvalue weighted by molar-refractivity contribution is 6.07. The molecule has 2 aromatic rings. The van der Waals surface area contributed by atoms with Crippen molar-refractivity contribution < 1.29 is 14.7 Å². The number of aromatic carboxylic acids is 1. The molecule has 22 heavy (non-hydrogen) atoms. The predicted octanol–water partition coefficient (Wildman–Crippen LogP) is 3.78. The molecule has 0 bridgehead atoms. The number of carboxylic acids is 1. The Labute approximate surface area is 129 Å². The summed E-state index contributed by atoms with van der Waals surface area (Å²) >= 11 is 0. The summed E-state index contributed by atoms with van der Waals surface area (Å²) in [7, 11) is 0. The summed E-state index contributed by atoms with van der Waals surface area (Å²) in [6.07, 6.45) is 0. The Hall–Kier alpha value is -2.62. The van der Waals surface area contributed by atoms with E-state index in [4.69, 9.17) is 5.73 Å². The number of benzene rings is 2. The average Bonchev–Trinajstić information content (AvgIpc) is 2.47. The molecule has 0 saturated carbocycles. The average molecular weight is 297 g/mol. The molecule has 4 heteroatoms. The van der Waals surface area contributed by atoms with Crippen LogP contribution in [0.15, 0.2) is 36.4 Å². The number of hydrogen-bond donors (Lipinski definition) is 2. The van der Waals surface area contributed by atoms with Gasteiger partial charge in [-0.3, -0.25) is 4.79 Å². The van der Waals surface area contributed by atoms with Gasteiger partial charge in [0.05, 0.1) is 11.3 Å². The molecule has 0 unspecified atom stereocenters. The number of carbonyl (C=O) groups excluding carboxylic acids is 1. The van der Waals surface area contributed by atoms with Crippen LogP contribution in [-0.4, -0.2) is 16.9 Å². The van der Waals surface area contributed by atoms with E-state index in [1.165, 1.54) is 0 Å². The highest BCUT2D eigenvalue weighted by Gasteiger charge is 2.23. The topological polar surface area (TPSA) is 80.4 Å². The molecule has 0 aliphatic rings. The molecule has 0 aliphatic carbocycles. The van der Waals surface area contributed by atoms with Gasteiger partial charge in [-0.2, -0.15) is 0 Å². The van der Waals surface area contributed by atoms with Crippen molar-refractivity contribution in [2.75, 3.05) is 5.73 Å². The fraction of sp³-hybridized carbons (Fsp3) is 0.222. The largest absolute Gasteiger partial charge is 0.478 e. The van der Waals surface area contributed by atoms with Gasteiger partial charge in [0.1, 0.15) is 0 Å². The first kappa shape index (κ1) is 15.8. The Morgan fingerprint density at radius 1 is 1.14 bits per heavy atom. The molecule has 114 valence electrons. The van der Waals surface area contributed by atoms with Crippen LogP contribution in [0.25, 0.3) is 11.1 Å². The second-order valence-electron chi connectivity index (χ2n) is 5.58. The first-order valence-corrected chi connectivity index (χ1v) is 7.10. The Bertz CT molecular complexity index is 734. The van der Waals surface area contributed by atoms with Crippen LogP contribution in [0.4, 0.5) is 5.69 Å². The molecule has 0 atom stereocenters. The molecular weight excluding hydrogens is 278 g/mol. The van der Waals surface area contributed by atoms with Crippen LogP contribution in [0.3, 0.4) is 0 Å². The summed E-state index contributed by atoms with van der Waals surface area (Å²) in [6, 6.07) is 10.9. The lowest BCUT2D eigenvalue weighted by atomic mass is 9.88. The molecule has 4 nitrogen and oxygen atoms in total. The summed E-state index contributed by atoms with van der Waals surface area (Å²) < 4.78 is 0. The van der Waals surface area contributed by atoms with E-state index in [9.17, 15) is 14.7 Å². The molecule has 2 aromatic carbocycles. The second kappa shape index (κ2) is 6.02. The Morgan fingerprint density at radius 3 is 2.23 bits per heavy atom. The minimum atomic E-state index is -1.12. The highest BCUT2D eigenvalue weighted by Crippen LogP contribution is 2.34. The quantitative estimate of drug-likeness (QED) is 0.664. The zero-order valence-electron chi connectivity index (χ0n) is 12.9. The number of hydrogen-bond acceptors (Lipinski definition) is 3. The third-order valence-corrected chi connectivity index (χ3v) is 3.72. The fourth-order valence-electron chi connectivity index (χ4n) is 2.50. The molecule has 0 aliphatic heterocycles. The standard InChI is InChI=1S/C18H19NO3/c1-10(2)17(20)13-9-14(12-7-5-4-6-8-12)16(19)15(11(13)3)18(21)22/h4-10H,19H2,1-3H3,(H,21,22). The number of rotatable bonds is 4. The van der Waals surface area contributed by atoms with Crippen LogP contribution in [0.2, 0.25) is 0 Å². The van der Waals surface area contributed by atoms with E-state index >= 15 is 0 Å². The van der Waals surface area contributed by atoms with Crippen molar-refractivity contribution in [3.05, 3.63) is 53.1 Å². The van der Waals surface area contributed by atoms with Gasteiger partial charge in [-0.15, -0.1) is 0 Å². The summed E-state index contributed by atoms with van der Waals surface area (Å²) in [5, 5.41) is 9.47. The van der Waals surface area contributed by atoms with Gasteiger partial charge in [-0.05, 0) is 24.1 Å². The molecular formula is C18H19NO3. The molecule has 0 radical (unpaired) electrons. The predicted molar refractivity (Wildman–Crippen MR) is 87.2 cm³/mol. The van der Waals surface area contributed by atoms with Crippen molar-refractivity contribution in [1.82, 2.24) is 0 Å². The van der Waals surface area contributed by atoms with Crippen molar-refractivity contribution in [2.45, 2.75) is 20.8 Å². The Kier molecular flexibility index (Phi) is 4.31. The molecule has 2 rings (SSSR count). The number of nitrogen functional groups attached to an aromatic ring is 1. The Balaban J connectivity index is 2.80. The van der Waals surface area contributed by atoms with Gasteiger partial charge in [-0.1, -0.05) is 44.2 Å². The van der Waals surface area contributed by atoms with Crippen LogP contribution in [0.1, 0.15) is 40.1 Å². The lowest BCUT2D eigenvalue weighted by Crippen LogP contribution is -2.15. The fourth-order valence-corrected chi connectivity index (χ4v) is 2.50. The number of Topliss-reactive ketones (excluding diaryl/α,β-unsaturated/α-hetero) is 1. The van der Waals surface area contributed by atoms with E-state index in [2.05, 4.69) is 0 Å². The lowest BCUT2D eigenvalue weighted by molar-refractivity contribution is 0.0697. The molecule has 0 amide bonds. The van der Waals surface area contributed by atoms with Crippen LogP contribution < -0.4 is 5.73 Å². The molecule has 0 spiro atoms. The maximum absolute atomic E-state index is 12.4. The molecule has 0 fully saturated rings. The highest BCUT2D eigenvalue weighted by atomic mass is 16.4. The summed E-state index contributed by atoms with van der Waals surface area (Å²) in [4.78, 5) is 24.0. The maximum Gasteiger partial charge on any atom is 0.338 e. The van der Waals surface area contributed by atoms with Gasteiger partial charge in [0.15, 0.2) is 5.78 Å². The SMILES string of the molecule is Cc1c(C(=O)C(C)C)cc(-c2ccccc2)c(N)c1C(=O)O. The summed E-state index contributed by atoms with van der Waals surface area (Å²) in [5.74, 6) is -1.42. The van der Waals surface area contributed by atoms with E-state index in [1.54, 1.807) is 26.8 Å². The van der Waals surface area contributed by atoms with Crippen LogP contribution in [-0.2, 0) is 0 Å². The van der Waals surface area contributed by atoms with E-state index in [-0.39, 0.29) is 23.0 Å². The minimum Gasteiger partial charge on any atom is -0.478 e. The maximum atomic E-state index is 12.4. The lowest BCUT2D eigenvalue weighted by Gasteiger charge is -2.16. The van der Waals surface area contributed by atoms with E-state index < -0.39 is 5.97 Å².